The first kappa shape index (κ1) is 27.0. The van der Waals surface area contributed by atoms with Crippen molar-refractivity contribution in [3.05, 3.63) is 69.4 Å². The van der Waals surface area contributed by atoms with Gasteiger partial charge in [-0.15, -0.1) is 11.3 Å². The number of likely N-dealkylation sites (tertiary alicyclic amines) is 1. The molecule has 1 aliphatic rings. The second kappa shape index (κ2) is 10.8. The molecule has 3 heterocycles. The highest BCUT2D eigenvalue weighted by atomic mass is 32.2. The van der Waals surface area contributed by atoms with Gasteiger partial charge in [0.1, 0.15) is 6.17 Å². The number of hydrogen-bond donors (Lipinski definition) is 1. The molecule has 2 aromatic heterocycles. The maximum Gasteiger partial charge on any atom is 0.435 e. The predicted octanol–water partition coefficient (Wildman–Crippen LogP) is 5.02. The Morgan fingerprint density at radius 1 is 1.24 bits per heavy atom. The van der Waals surface area contributed by atoms with E-state index in [1.807, 2.05) is 47.9 Å². The molecular formula is C24H25F3N4O4S2. The Hall–Kier alpha value is -3.03. The molecule has 2 atom stereocenters. The Balaban J connectivity index is 1.58. The van der Waals surface area contributed by atoms with Crippen molar-refractivity contribution in [2.45, 2.75) is 44.4 Å². The summed E-state index contributed by atoms with van der Waals surface area (Å²) in [5, 5.41) is 6.44. The normalized spacial score (nSPS) is 19.0. The molecule has 3 aromatic rings. The van der Waals surface area contributed by atoms with Crippen LogP contribution in [0.3, 0.4) is 0 Å². The number of halogens is 3. The fourth-order valence-corrected chi connectivity index (χ4v) is 5.66. The maximum atomic E-state index is 13.3. The number of piperidine rings is 1. The quantitative estimate of drug-likeness (QED) is 0.411. The molecule has 1 saturated heterocycles. The smallest absolute Gasteiger partial charge is 0.320 e. The zero-order valence-corrected chi connectivity index (χ0v) is 21.4. The van der Waals surface area contributed by atoms with E-state index in [-0.39, 0.29) is 24.6 Å². The molecule has 198 valence electrons. The molecule has 1 aromatic carbocycles. The number of alkyl halides is 3. The Labute approximate surface area is 216 Å². The molecule has 13 heteroatoms. The third kappa shape index (κ3) is 6.84. The van der Waals surface area contributed by atoms with Crippen LogP contribution in [-0.2, 0) is 21.1 Å². The van der Waals surface area contributed by atoms with Crippen LogP contribution in [0.4, 0.5) is 13.2 Å². The molecule has 0 aliphatic carbocycles. The number of aryl methyl sites for hydroxylation is 1. The molecule has 8 nitrogen and oxygen atoms in total. The lowest BCUT2D eigenvalue weighted by Crippen LogP contribution is -2.44. The zero-order chi connectivity index (χ0) is 26.8. The van der Waals surface area contributed by atoms with E-state index in [0.29, 0.717) is 6.42 Å². The summed E-state index contributed by atoms with van der Waals surface area (Å²) in [6, 6.07) is 10.6. The first-order valence-electron chi connectivity index (χ1n) is 11.5. The molecule has 1 amide bonds. The van der Waals surface area contributed by atoms with E-state index >= 15 is 0 Å². The number of hydrogen-bond acceptors (Lipinski definition) is 6. The number of carbonyl (C=O) groups excluding carboxylic acids is 1. The van der Waals surface area contributed by atoms with Crippen molar-refractivity contribution in [2.24, 2.45) is 0 Å². The number of aromatic nitrogens is 3. The molecule has 1 aliphatic heterocycles. The molecular weight excluding hydrogens is 529 g/mol. The van der Waals surface area contributed by atoms with Crippen LogP contribution in [0, 0.1) is 6.92 Å². The van der Waals surface area contributed by atoms with Crippen LogP contribution in [0.1, 0.15) is 59.0 Å². The Kier molecular flexibility index (Phi) is 7.85. The fraction of sp³-hybridized carbons (Fsp3) is 0.375. The van der Waals surface area contributed by atoms with Gasteiger partial charge in [0.05, 0.1) is 16.5 Å². The van der Waals surface area contributed by atoms with Crippen LogP contribution in [0.15, 0.2) is 41.8 Å². The lowest BCUT2D eigenvalue weighted by atomic mass is 9.94. The number of rotatable bonds is 7. The van der Waals surface area contributed by atoms with Gasteiger partial charge in [-0.05, 0) is 37.5 Å². The molecule has 1 N–H and O–H groups in total. The average Bonchev–Trinajstić information content (AvgIpc) is 3.48. The van der Waals surface area contributed by atoms with E-state index in [2.05, 4.69) is 10.1 Å². The fourth-order valence-electron chi connectivity index (χ4n) is 4.29. The number of carbonyl (C=O) groups is 1. The lowest BCUT2D eigenvalue weighted by Gasteiger charge is -2.39. The van der Waals surface area contributed by atoms with Gasteiger partial charge in [-0.1, -0.05) is 36.4 Å². The van der Waals surface area contributed by atoms with Gasteiger partial charge in [0, 0.05) is 30.0 Å². The minimum atomic E-state index is -4.65. The second-order valence-corrected chi connectivity index (χ2v) is 11.3. The number of nitrogens with zero attached hydrogens (tertiary/aromatic N) is 4. The Morgan fingerprint density at radius 3 is 2.62 bits per heavy atom. The summed E-state index contributed by atoms with van der Waals surface area (Å²) < 4.78 is 72.5. The van der Waals surface area contributed by atoms with E-state index < -0.39 is 46.2 Å². The summed E-state index contributed by atoms with van der Waals surface area (Å²) >= 11 is 1.44. The van der Waals surface area contributed by atoms with Crippen molar-refractivity contribution in [3.8, 4) is 0 Å². The third-order valence-electron chi connectivity index (χ3n) is 6.10. The van der Waals surface area contributed by atoms with Crippen molar-refractivity contribution in [1.29, 1.82) is 0 Å². The van der Waals surface area contributed by atoms with Crippen LogP contribution in [0.2, 0.25) is 0 Å². The van der Waals surface area contributed by atoms with E-state index in [4.69, 9.17) is 4.55 Å². The van der Waals surface area contributed by atoms with Crippen LogP contribution in [0.5, 0.6) is 0 Å². The minimum absolute atomic E-state index is 0.141. The van der Waals surface area contributed by atoms with Crippen molar-refractivity contribution in [1.82, 2.24) is 19.7 Å². The minimum Gasteiger partial charge on any atom is -0.320 e. The molecule has 0 saturated carbocycles. The maximum absolute atomic E-state index is 13.3. The third-order valence-corrected chi connectivity index (χ3v) is 7.84. The second-order valence-electron chi connectivity index (χ2n) is 8.79. The van der Waals surface area contributed by atoms with Gasteiger partial charge in [0.15, 0.2) is 5.69 Å². The van der Waals surface area contributed by atoms with Gasteiger partial charge in [-0.3, -0.25) is 9.35 Å². The highest BCUT2D eigenvalue weighted by molar-refractivity contribution is 7.85. The molecule has 2 unspecified atom stereocenters. The van der Waals surface area contributed by atoms with E-state index in [0.717, 1.165) is 22.3 Å². The van der Waals surface area contributed by atoms with Crippen molar-refractivity contribution < 1.29 is 30.9 Å². The van der Waals surface area contributed by atoms with E-state index in [9.17, 15) is 26.4 Å². The average molecular weight is 555 g/mol. The summed E-state index contributed by atoms with van der Waals surface area (Å²) in [5.74, 6) is -1.50. The van der Waals surface area contributed by atoms with Gasteiger partial charge >= 0.3 is 6.18 Å². The van der Waals surface area contributed by atoms with E-state index in [1.165, 1.54) is 27.8 Å². The highest BCUT2D eigenvalue weighted by Gasteiger charge is 2.39. The first-order chi connectivity index (χ1) is 17.4. The predicted molar refractivity (Wildman–Crippen MR) is 133 cm³/mol. The van der Waals surface area contributed by atoms with Crippen molar-refractivity contribution in [3.63, 3.8) is 0 Å². The summed E-state index contributed by atoms with van der Waals surface area (Å²) in [5.41, 5.74) is 0.918. The summed E-state index contributed by atoms with van der Waals surface area (Å²) in [6.45, 7) is 1.65. The summed E-state index contributed by atoms with van der Waals surface area (Å²) in [4.78, 5) is 18.9. The topological polar surface area (TPSA) is 105 Å². The van der Waals surface area contributed by atoms with E-state index in [1.54, 1.807) is 0 Å². The SMILES string of the molecule is Cc1cc(C(F)(F)F)nn1C1CC(c2nc(/C=C/c3ccccc3)cs2)CCN1C(=O)CCS(=O)(=O)O. The lowest BCUT2D eigenvalue weighted by molar-refractivity contribution is -0.142. The number of benzene rings is 1. The van der Waals surface area contributed by atoms with Crippen LogP contribution < -0.4 is 0 Å². The van der Waals surface area contributed by atoms with Crippen LogP contribution >= 0.6 is 11.3 Å². The standard InChI is InChI=1S/C24H25F3N4O4S2/c1-16-13-20(24(25,26)27)29-31(16)21-14-18(9-11-30(21)22(32)10-12-37(33,34)35)23-28-19(15-36-23)8-7-17-5-3-2-4-6-17/h2-8,13,15,18,21H,9-12,14H2,1H3,(H,33,34,35)/b8-7+. The summed E-state index contributed by atoms with van der Waals surface area (Å²) in [6.07, 6.45) is -1.44. The van der Waals surface area contributed by atoms with Gasteiger partial charge in [-0.25, -0.2) is 9.67 Å². The van der Waals surface area contributed by atoms with Crippen molar-refractivity contribution >= 4 is 39.5 Å². The van der Waals surface area contributed by atoms with Crippen LogP contribution in [0.25, 0.3) is 12.2 Å². The molecule has 0 radical (unpaired) electrons. The number of amides is 1. The van der Waals surface area contributed by atoms with Gasteiger partial charge in [0.2, 0.25) is 5.91 Å². The monoisotopic (exact) mass is 554 g/mol. The van der Waals surface area contributed by atoms with Gasteiger partial charge < -0.3 is 4.90 Å². The van der Waals surface area contributed by atoms with Gasteiger partial charge in [0.25, 0.3) is 10.1 Å². The number of thiazole rings is 1. The first-order valence-corrected chi connectivity index (χ1v) is 14.0. The molecule has 0 spiro atoms. The molecule has 1 fully saturated rings. The molecule has 4 rings (SSSR count). The molecule has 0 bridgehead atoms. The summed E-state index contributed by atoms with van der Waals surface area (Å²) in [7, 11) is -4.37. The molecule has 37 heavy (non-hydrogen) atoms. The zero-order valence-electron chi connectivity index (χ0n) is 19.8. The highest BCUT2D eigenvalue weighted by Crippen LogP contribution is 2.39. The Bertz CT molecular complexity index is 1380. The van der Waals surface area contributed by atoms with Crippen molar-refractivity contribution in [2.75, 3.05) is 12.3 Å². The van der Waals surface area contributed by atoms with Crippen LogP contribution in [-0.4, -0.2) is 50.8 Å². The Morgan fingerprint density at radius 2 is 1.97 bits per heavy atom. The largest absolute Gasteiger partial charge is 0.435 e. The van der Waals surface area contributed by atoms with Gasteiger partial charge in [-0.2, -0.15) is 26.7 Å².